The number of carbonyl (C=O) groups is 5. The van der Waals surface area contributed by atoms with Gasteiger partial charge in [0.05, 0.1) is 42.3 Å². The zero-order chi connectivity index (χ0) is 42.4. The van der Waals surface area contributed by atoms with E-state index < -0.39 is 107 Å². The number of hydrogen-bond acceptors (Lipinski definition) is 14. The molecule has 2 saturated carbocycles. The summed E-state index contributed by atoms with van der Waals surface area (Å²) in [5, 5.41) is 51.5. The fraction of sp³-hybridized carbons (Fsp3) is 0.558. The van der Waals surface area contributed by atoms with Gasteiger partial charge in [0, 0.05) is 25.2 Å². The smallest absolute Gasteiger partial charge is 0.407 e. The second-order valence-corrected chi connectivity index (χ2v) is 16.6. The molecule has 3 fully saturated rings. The molecule has 1 heterocycles. The van der Waals surface area contributed by atoms with Gasteiger partial charge in [0.1, 0.15) is 30.0 Å². The van der Waals surface area contributed by atoms with Crippen LogP contribution < -0.4 is 5.32 Å². The van der Waals surface area contributed by atoms with Gasteiger partial charge in [0.25, 0.3) is 0 Å². The molecule has 1 unspecified atom stereocenters. The third kappa shape index (κ3) is 7.10. The fourth-order valence-corrected chi connectivity index (χ4v) is 9.60. The van der Waals surface area contributed by atoms with Crippen LogP contribution >= 0.6 is 0 Å². The lowest BCUT2D eigenvalue weighted by atomic mass is 9.44. The number of aliphatic hydroxyl groups excluding tert-OH is 3. The van der Waals surface area contributed by atoms with Crippen LogP contribution in [0.1, 0.15) is 89.2 Å². The lowest BCUT2D eigenvalue weighted by Crippen LogP contribution is -2.81. The largest absolute Gasteiger partial charge is 0.456 e. The molecule has 2 aromatic carbocycles. The number of nitrogens with one attached hydrogen (secondary N) is 1. The number of carbonyl (C=O) groups excluding carboxylic acids is 5. The molecule has 5 N–H and O–H groups in total. The standard InChI is InChI=1S/C43H53NO14/c1-7-8-19-54-39(52)44-31(25-15-11-9-12-16-25)33(48)38(51)56-27-21-43(53)36(57-37(50)26-17-13-10-14-18-26)34-41(6,35(49)32(47)30(23(27)2)40(43,4)5)28(46)20-29-42(34,22-55-29)58-24(3)45/h9-18,27-29,31-34,36,46-48,53H,7-8,19-22H2,1-6H3,(H,44,52)/t27-,28+,29?,31-,32+,33+,34-,36-,41+,42-,43+/m0/s1. The highest BCUT2D eigenvalue weighted by Gasteiger charge is 2.78. The summed E-state index contributed by atoms with van der Waals surface area (Å²) in [5.74, 6) is -5.34. The topological polar surface area (TPSA) is 224 Å². The zero-order valence-electron chi connectivity index (χ0n) is 33.5. The van der Waals surface area contributed by atoms with Crippen LogP contribution in [-0.4, -0.2) is 111 Å². The molecule has 1 saturated heterocycles. The predicted octanol–water partition coefficient (Wildman–Crippen LogP) is 3.26. The molecule has 1 aliphatic heterocycles. The number of rotatable bonds is 11. The molecule has 314 valence electrons. The Morgan fingerprint density at radius 3 is 2.21 bits per heavy atom. The summed E-state index contributed by atoms with van der Waals surface area (Å²) >= 11 is 0. The van der Waals surface area contributed by atoms with Crippen LogP contribution in [0, 0.1) is 16.7 Å². The number of alkyl carbamates (subject to hydrolysis) is 1. The van der Waals surface area contributed by atoms with Crippen molar-refractivity contribution in [3.05, 3.63) is 82.9 Å². The second kappa shape index (κ2) is 16.2. The molecule has 15 heteroatoms. The third-order valence-electron chi connectivity index (χ3n) is 12.9. The minimum Gasteiger partial charge on any atom is -0.456 e. The first-order valence-electron chi connectivity index (χ1n) is 19.6. The van der Waals surface area contributed by atoms with E-state index in [1.807, 2.05) is 6.92 Å². The Morgan fingerprint density at radius 1 is 0.983 bits per heavy atom. The maximum atomic E-state index is 14.9. The van der Waals surface area contributed by atoms with Gasteiger partial charge in [-0.25, -0.2) is 14.4 Å². The summed E-state index contributed by atoms with van der Waals surface area (Å²) < 4.78 is 29.4. The Balaban J connectivity index is 1.47. The quantitative estimate of drug-likeness (QED) is 0.0952. The number of hydrogen-bond donors (Lipinski definition) is 5. The van der Waals surface area contributed by atoms with Crippen molar-refractivity contribution in [1.29, 1.82) is 0 Å². The van der Waals surface area contributed by atoms with Gasteiger partial charge in [-0.05, 0) is 49.1 Å². The number of unbranched alkanes of at least 4 members (excludes halogenated alkanes) is 1. The highest BCUT2D eigenvalue weighted by Crippen LogP contribution is 2.64. The Hall–Kier alpha value is -4.67. The van der Waals surface area contributed by atoms with Crippen LogP contribution in [0.2, 0.25) is 0 Å². The van der Waals surface area contributed by atoms with Crippen LogP contribution in [0.15, 0.2) is 71.8 Å². The Morgan fingerprint density at radius 2 is 1.62 bits per heavy atom. The van der Waals surface area contributed by atoms with Gasteiger partial charge in [-0.2, -0.15) is 0 Å². The van der Waals surface area contributed by atoms with Crippen molar-refractivity contribution >= 4 is 29.8 Å². The molecule has 1 amide bonds. The van der Waals surface area contributed by atoms with Crippen LogP contribution in [0.5, 0.6) is 0 Å². The third-order valence-corrected chi connectivity index (χ3v) is 12.9. The van der Waals surface area contributed by atoms with E-state index in [9.17, 15) is 44.4 Å². The normalized spacial score (nSPS) is 33.4. The number of Topliss-reactive ketones (excluding diaryl/α,β-unsaturated/α-hetero) is 1. The van der Waals surface area contributed by atoms with Crippen molar-refractivity contribution in [2.75, 3.05) is 13.2 Å². The van der Waals surface area contributed by atoms with Crippen molar-refractivity contribution in [3.8, 4) is 0 Å². The molecule has 0 spiro atoms. The molecule has 11 atom stereocenters. The Labute approximate surface area is 336 Å². The number of fused-ring (bicyclic) bond motifs is 5. The first-order valence-corrected chi connectivity index (χ1v) is 19.6. The first kappa shape index (κ1) is 42.9. The predicted molar refractivity (Wildman–Crippen MR) is 204 cm³/mol. The SMILES string of the molecule is CCCCOC(=O)N[C@@H](c1ccccc1)[C@@H](O)C(=O)O[C@H]1C[C@@]2(O)[C@@H](OC(=O)c3ccccc3)[C@H]3[C@](C)(C(=O)[C@H](O)C(=C1C)C2(C)C)[C@H](O)CC1OC[C@]13OC(C)=O. The molecular formula is C43H53NO14. The van der Waals surface area contributed by atoms with Crippen molar-refractivity contribution in [3.63, 3.8) is 0 Å². The molecule has 4 aliphatic rings. The van der Waals surface area contributed by atoms with Gasteiger partial charge in [0.15, 0.2) is 17.5 Å². The van der Waals surface area contributed by atoms with Gasteiger partial charge in [0.2, 0.25) is 0 Å². The molecule has 0 radical (unpaired) electrons. The summed E-state index contributed by atoms with van der Waals surface area (Å²) in [7, 11) is 0. The highest BCUT2D eigenvalue weighted by atomic mass is 16.6. The maximum absolute atomic E-state index is 14.9. The molecule has 0 aromatic heterocycles. The summed E-state index contributed by atoms with van der Waals surface area (Å²) in [6, 6.07) is 14.7. The summed E-state index contributed by atoms with van der Waals surface area (Å²) in [5.41, 5.74) is -7.17. The Kier molecular flexibility index (Phi) is 12.0. The molecular weight excluding hydrogens is 754 g/mol. The van der Waals surface area contributed by atoms with E-state index in [1.54, 1.807) is 62.4 Å². The number of ketones is 1. The van der Waals surface area contributed by atoms with Crippen molar-refractivity contribution < 1.29 is 68.1 Å². The maximum Gasteiger partial charge on any atom is 0.407 e. The van der Waals surface area contributed by atoms with E-state index in [-0.39, 0.29) is 36.3 Å². The number of amides is 1. The number of benzene rings is 2. The monoisotopic (exact) mass is 807 g/mol. The van der Waals surface area contributed by atoms with E-state index in [0.29, 0.717) is 12.0 Å². The number of esters is 3. The van der Waals surface area contributed by atoms with Crippen molar-refractivity contribution in [2.24, 2.45) is 16.7 Å². The van der Waals surface area contributed by atoms with E-state index in [0.717, 1.165) is 13.3 Å². The zero-order valence-corrected chi connectivity index (χ0v) is 33.5. The molecule has 3 aliphatic carbocycles. The summed E-state index contributed by atoms with van der Waals surface area (Å²) in [6.07, 6.45) is -10.0. The van der Waals surface area contributed by atoms with E-state index >= 15 is 0 Å². The first-order chi connectivity index (χ1) is 27.3. The number of ether oxygens (including phenoxy) is 5. The number of aliphatic hydroxyl groups is 4. The average Bonchev–Trinajstić information content (AvgIpc) is 3.18. The molecule has 2 bridgehead atoms. The Bertz CT molecular complexity index is 1930. The van der Waals surface area contributed by atoms with Crippen LogP contribution in [0.25, 0.3) is 0 Å². The van der Waals surface area contributed by atoms with Crippen molar-refractivity contribution in [2.45, 2.75) is 121 Å². The average molecular weight is 808 g/mol. The van der Waals surface area contributed by atoms with Gasteiger partial charge in [-0.1, -0.05) is 75.7 Å². The molecule has 58 heavy (non-hydrogen) atoms. The van der Waals surface area contributed by atoms with Crippen LogP contribution in [-0.2, 0) is 38.1 Å². The molecule has 6 rings (SSSR count). The van der Waals surface area contributed by atoms with Gasteiger partial charge in [-0.15, -0.1) is 0 Å². The van der Waals surface area contributed by atoms with Crippen molar-refractivity contribution in [1.82, 2.24) is 5.32 Å². The second-order valence-electron chi connectivity index (χ2n) is 16.6. The van der Waals surface area contributed by atoms with E-state index in [4.69, 9.17) is 23.7 Å². The summed E-state index contributed by atoms with van der Waals surface area (Å²) in [4.78, 5) is 68.7. The lowest BCUT2D eigenvalue weighted by Gasteiger charge is -2.67. The molecule has 2 aromatic rings. The highest BCUT2D eigenvalue weighted by molar-refractivity contribution is 5.94. The summed E-state index contributed by atoms with van der Waals surface area (Å²) in [6.45, 7) is 8.89. The van der Waals surface area contributed by atoms with Gasteiger partial charge >= 0.3 is 24.0 Å². The fourth-order valence-electron chi connectivity index (χ4n) is 9.60. The van der Waals surface area contributed by atoms with Gasteiger partial charge in [-0.3, -0.25) is 9.59 Å². The minimum atomic E-state index is -2.35. The van der Waals surface area contributed by atoms with Gasteiger partial charge < -0.3 is 49.4 Å². The lowest BCUT2D eigenvalue weighted by molar-refractivity contribution is -0.346. The minimum absolute atomic E-state index is 0.0584. The van der Waals surface area contributed by atoms with E-state index in [1.165, 1.54) is 26.0 Å². The van der Waals surface area contributed by atoms with Crippen LogP contribution in [0.3, 0.4) is 0 Å². The van der Waals surface area contributed by atoms with Crippen LogP contribution in [0.4, 0.5) is 4.79 Å². The van der Waals surface area contributed by atoms with E-state index in [2.05, 4.69) is 5.32 Å². The molecule has 15 nitrogen and oxygen atoms in total.